The highest BCUT2D eigenvalue weighted by molar-refractivity contribution is 6.14. The molecule has 4 rings (SSSR count). The number of ether oxygens (including phenoxy) is 2. The second-order valence-electron chi connectivity index (χ2n) is 6.24. The maximum Gasteiger partial charge on any atom is 0.161 e. The summed E-state index contributed by atoms with van der Waals surface area (Å²) < 4.78 is 16.3. The Kier molecular flexibility index (Phi) is 3.60. The summed E-state index contributed by atoms with van der Waals surface area (Å²) in [5.41, 5.74) is 4.52. The lowest BCUT2D eigenvalue weighted by molar-refractivity contribution is 0.349. The van der Waals surface area contributed by atoms with E-state index in [-0.39, 0.29) is 0 Å². The molecule has 0 bridgehead atoms. The summed E-state index contributed by atoms with van der Waals surface area (Å²) in [4.78, 5) is 5.08. The van der Waals surface area contributed by atoms with E-state index < -0.39 is 0 Å². The van der Waals surface area contributed by atoms with E-state index in [4.69, 9.17) is 18.9 Å². The van der Waals surface area contributed by atoms with Crippen molar-refractivity contribution in [1.29, 1.82) is 0 Å². The molecule has 1 aromatic heterocycles. The summed E-state index contributed by atoms with van der Waals surface area (Å²) in [5.74, 6) is 2.02. The van der Waals surface area contributed by atoms with E-state index in [0.717, 1.165) is 34.8 Å². The molecule has 1 aromatic carbocycles. The monoisotopic (exact) mass is 311 g/mol. The predicted octanol–water partition coefficient (Wildman–Crippen LogP) is 4.17. The number of furan rings is 1. The summed E-state index contributed by atoms with van der Waals surface area (Å²) in [7, 11) is 3.36. The molecule has 0 saturated heterocycles. The fraction of sp³-hybridized carbons (Fsp3) is 0.421. The first-order chi connectivity index (χ1) is 11.3. The van der Waals surface area contributed by atoms with Gasteiger partial charge in [-0.25, -0.2) is 0 Å². The van der Waals surface area contributed by atoms with Crippen molar-refractivity contribution in [2.75, 3.05) is 14.2 Å². The standard InChI is InChI=1S/C19H21NO3/c1-21-17-9-14-13-5-3-4-6-16(13)20-19(12-7-8-23-11-12)15(14)10-18(17)22-2/h7-11,13,16H,3-6H2,1-2H3/t13-,16-/m1/s1. The zero-order chi connectivity index (χ0) is 15.8. The Labute approximate surface area is 136 Å². The summed E-state index contributed by atoms with van der Waals surface area (Å²) in [6.07, 6.45) is 8.33. The highest BCUT2D eigenvalue weighted by Gasteiger charge is 2.34. The number of rotatable bonds is 3. The Morgan fingerprint density at radius 1 is 1.09 bits per heavy atom. The van der Waals surface area contributed by atoms with Gasteiger partial charge in [0.2, 0.25) is 0 Å². The molecule has 23 heavy (non-hydrogen) atoms. The molecule has 2 atom stereocenters. The topological polar surface area (TPSA) is 44.0 Å². The molecule has 0 spiro atoms. The van der Waals surface area contributed by atoms with E-state index in [1.165, 1.54) is 24.8 Å². The van der Waals surface area contributed by atoms with Gasteiger partial charge in [-0.15, -0.1) is 0 Å². The molecule has 2 aliphatic rings. The second-order valence-corrected chi connectivity index (χ2v) is 6.24. The first kappa shape index (κ1) is 14.4. The number of fused-ring (bicyclic) bond motifs is 3. The quantitative estimate of drug-likeness (QED) is 0.854. The van der Waals surface area contributed by atoms with Gasteiger partial charge in [0.25, 0.3) is 0 Å². The average Bonchev–Trinajstić information content (AvgIpc) is 3.14. The van der Waals surface area contributed by atoms with E-state index in [9.17, 15) is 0 Å². The van der Waals surface area contributed by atoms with Gasteiger partial charge in [-0.2, -0.15) is 0 Å². The van der Waals surface area contributed by atoms with Gasteiger partial charge in [-0.3, -0.25) is 4.99 Å². The van der Waals surface area contributed by atoms with Crippen molar-refractivity contribution in [1.82, 2.24) is 0 Å². The van der Waals surface area contributed by atoms with Crippen LogP contribution in [0.4, 0.5) is 0 Å². The largest absolute Gasteiger partial charge is 0.493 e. The van der Waals surface area contributed by atoms with Crippen LogP contribution in [0.15, 0.2) is 40.1 Å². The minimum absolute atomic E-state index is 0.360. The number of hydrogen-bond donors (Lipinski definition) is 0. The minimum Gasteiger partial charge on any atom is -0.493 e. The molecule has 0 N–H and O–H groups in total. The molecule has 4 heteroatoms. The molecule has 2 heterocycles. The van der Waals surface area contributed by atoms with Crippen LogP contribution in [0.25, 0.3) is 0 Å². The molecule has 120 valence electrons. The van der Waals surface area contributed by atoms with Gasteiger partial charge in [0.05, 0.1) is 38.5 Å². The fourth-order valence-corrected chi connectivity index (χ4v) is 3.90. The van der Waals surface area contributed by atoms with E-state index in [1.54, 1.807) is 26.7 Å². The number of benzene rings is 1. The van der Waals surface area contributed by atoms with Crippen LogP contribution in [-0.4, -0.2) is 26.0 Å². The van der Waals surface area contributed by atoms with Crippen LogP contribution in [0.5, 0.6) is 11.5 Å². The predicted molar refractivity (Wildman–Crippen MR) is 88.9 cm³/mol. The van der Waals surface area contributed by atoms with Crippen LogP contribution >= 0.6 is 0 Å². The van der Waals surface area contributed by atoms with Crippen LogP contribution in [-0.2, 0) is 0 Å². The first-order valence-corrected chi connectivity index (χ1v) is 8.18. The minimum atomic E-state index is 0.360. The molecule has 1 aliphatic heterocycles. The number of hydrogen-bond acceptors (Lipinski definition) is 4. The van der Waals surface area contributed by atoms with E-state index in [2.05, 4.69) is 12.1 Å². The third-order valence-corrected chi connectivity index (χ3v) is 5.03. The molecule has 0 amide bonds. The Bertz CT molecular complexity index is 733. The first-order valence-electron chi connectivity index (χ1n) is 8.18. The van der Waals surface area contributed by atoms with Crippen molar-refractivity contribution in [2.24, 2.45) is 4.99 Å². The SMILES string of the molecule is COc1cc2c(cc1OC)[C@H]1CCCC[C@H]1N=C2c1ccoc1. The van der Waals surface area contributed by atoms with Crippen molar-refractivity contribution < 1.29 is 13.9 Å². The van der Waals surface area contributed by atoms with Gasteiger partial charge in [-0.05, 0) is 36.6 Å². The van der Waals surface area contributed by atoms with Crippen LogP contribution in [0.3, 0.4) is 0 Å². The van der Waals surface area contributed by atoms with Crippen LogP contribution in [0.1, 0.15) is 48.3 Å². The van der Waals surface area contributed by atoms with Crippen LogP contribution in [0.2, 0.25) is 0 Å². The van der Waals surface area contributed by atoms with Crippen molar-refractivity contribution in [2.45, 2.75) is 37.6 Å². The fourth-order valence-electron chi connectivity index (χ4n) is 3.90. The van der Waals surface area contributed by atoms with E-state index in [1.807, 2.05) is 6.07 Å². The van der Waals surface area contributed by atoms with Crippen molar-refractivity contribution >= 4 is 5.71 Å². The zero-order valence-electron chi connectivity index (χ0n) is 13.5. The van der Waals surface area contributed by atoms with Gasteiger partial charge in [0.15, 0.2) is 11.5 Å². The maximum atomic E-state index is 5.52. The lowest BCUT2D eigenvalue weighted by atomic mass is 9.75. The zero-order valence-corrected chi connectivity index (χ0v) is 13.5. The van der Waals surface area contributed by atoms with Crippen LogP contribution in [0, 0.1) is 0 Å². The van der Waals surface area contributed by atoms with Gasteiger partial charge < -0.3 is 13.9 Å². The van der Waals surface area contributed by atoms with Gasteiger partial charge in [-0.1, -0.05) is 12.8 Å². The van der Waals surface area contributed by atoms with Gasteiger partial charge in [0.1, 0.15) is 0 Å². The Hall–Kier alpha value is -2.23. The highest BCUT2D eigenvalue weighted by Crippen LogP contribution is 2.44. The average molecular weight is 311 g/mol. The van der Waals surface area contributed by atoms with Crippen molar-refractivity contribution in [3.8, 4) is 11.5 Å². The lowest BCUT2D eigenvalue weighted by Crippen LogP contribution is -2.29. The molecule has 1 fully saturated rings. The number of methoxy groups -OCH3 is 2. The third-order valence-electron chi connectivity index (χ3n) is 5.03. The number of nitrogens with zero attached hydrogens (tertiary/aromatic N) is 1. The van der Waals surface area contributed by atoms with Crippen molar-refractivity contribution in [3.05, 3.63) is 47.4 Å². The van der Waals surface area contributed by atoms with Gasteiger partial charge in [0, 0.05) is 17.0 Å². The highest BCUT2D eigenvalue weighted by atomic mass is 16.5. The summed E-state index contributed by atoms with van der Waals surface area (Å²) >= 11 is 0. The molecular weight excluding hydrogens is 290 g/mol. The molecule has 0 unspecified atom stereocenters. The maximum absolute atomic E-state index is 5.52. The van der Waals surface area contributed by atoms with E-state index in [0.29, 0.717) is 12.0 Å². The normalized spacial score (nSPS) is 22.8. The Morgan fingerprint density at radius 2 is 1.87 bits per heavy atom. The summed E-state index contributed by atoms with van der Waals surface area (Å²) in [5, 5.41) is 0. The van der Waals surface area contributed by atoms with E-state index >= 15 is 0 Å². The Morgan fingerprint density at radius 3 is 2.61 bits per heavy atom. The molecule has 1 aliphatic carbocycles. The summed E-state index contributed by atoms with van der Waals surface area (Å²) in [6, 6.07) is 6.54. The molecule has 2 aromatic rings. The van der Waals surface area contributed by atoms with Crippen LogP contribution < -0.4 is 9.47 Å². The lowest BCUT2D eigenvalue weighted by Gasteiger charge is -2.35. The second kappa shape index (κ2) is 5.76. The van der Waals surface area contributed by atoms with Crippen molar-refractivity contribution in [3.63, 3.8) is 0 Å². The number of aliphatic imine (C=N–C) groups is 1. The Balaban J connectivity index is 1.91. The molecule has 1 saturated carbocycles. The summed E-state index contributed by atoms with van der Waals surface area (Å²) in [6.45, 7) is 0. The molecule has 0 radical (unpaired) electrons. The molecular formula is C19H21NO3. The molecule has 4 nitrogen and oxygen atoms in total. The van der Waals surface area contributed by atoms with Gasteiger partial charge >= 0.3 is 0 Å². The third kappa shape index (κ3) is 2.33. The smallest absolute Gasteiger partial charge is 0.161 e.